The first kappa shape index (κ1) is 105. The molecule has 0 aliphatic rings. The molecule has 107 heavy (non-hydrogen) atoms. The van der Waals surface area contributed by atoms with Crippen LogP contribution < -0.4 is 0 Å². The second kappa shape index (κ2) is 76.7. The van der Waals surface area contributed by atoms with Crippen LogP contribution in [0.15, 0.2) is 0 Å². The minimum Gasteiger partial charge on any atom is -0.462 e. The van der Waals surface area contributed by atoms with Gasteiger partial charge in [-0.1, -0.05) is 409 Å². The van der Waals surface area contributed by atoms with E-state index >= 15 is 0 Å². The van der Waals surface area contributed by atoms with Crippen molar-refractivity contribution in [1.29, 1.82) is 0 Å². The lowest BCUT2D eigenvalue weighted by molar-refractivity contribution is -0.161. The molecule has 0 aromatic heterocycles. The van der Waals surface area contributed by atoms with Crippen molar-refractivity contribution >= 4 is 39.5 Å². The highest BCUT2D eigenvalue weighted by Crippen LogP contribution is 2.45. The van der Waals surface area contributed by atoms with E-state index < -0.39 is 97.5 Å². The fraction of sp³-hybridized carbons (Fsp3) is 0.955. The van der Waals surface area contributed by atoms with Gasteiger partial charge in [0.15, 0.2) is 12.2 Å². The fourth-order valence-electron chi connectivity index (χ4n) is 13.7. The molecule has 17 nitrogen and oxygen atoms in total. The van der Waals surface area contributed by atoms with Crippen LogP contribution >= 0.6 is 15.6 Å². The zero-order valence-electron chi connectivity index (χ0n) is 70.8. The van der Waals surface area contributed by atoms with Gasteiger partial charge in [-0.05, 0) is 49.4 Å². The average molecular weight is 1560 g/mol. The van der Waals surface area contributed by atoms with Crippen molar-refractivity contribution in [1.82, 2.24) is 0 Å². The van der Waals surface area contributed by atoms with Gasteiger partial charge in [0, 0.05) is 25.7 Å². The van der Waals surface area contributed by atoms with Gasteiger partial charge >= 0.3 is 39.5 Å². The van der Waals surface area contributed by atoms with Gasteiger partial charge in [-0.3, -0.25) is 37.3 Å². The minimum absolute atomic E-state index is 0.107. The SMILES string of the molecule is CC(C)CCCCCCCCCCCCCCCCCCCCC(=O)O[C@H](COC(=O)CCCCCCCCC(C)C)COP(=O)(O)OCC(O)COP(=O)(O)OC[C@@H](COC(=O)CCCCCCCCCCCCCCCCCCC(C)C)OC(=O)CCCCCCCCCCCCCCCCCC(C)C. The molecule has 0 amide bonds. The summed E-state index contributed by atoms with van der Waals surface area (Å²) in [6, 6.07) is 0. The number of phosphoric ester groups is 2. The fourth-order valence-corrected chi connectivity index (χ4v) is 15.3. The molecule has 0 aliphatic carbocycles. The van der Waals surface area contributed by atoms with Gasteiger partial charge in [0.2, 0.25) is 0 Å². The Morgan fingerprint density at radius 3 is 0.579 bits per heavy atom. The number of unbranched alkanes of at least 4 members (excludes halogenated alkanes) is 51. The van der Waals surface area contributed by atoms with Crippen molar-refractivity contribution in [3.05, 3.63) is 0 Å². The molecule has 19 heteroatoms. The van der Waals surface area contributed by atoms with Crippen LogP contribution in [0.5, 0.6) is 0 Å². The number of carbonyl (C=O) groups excluding carboxylic acids is 4. The smallest absolute Gasteiger partial charge is 0.462 e. The highest BCUT2D eigenvalue weighted by atomic mass is 31.2. The molecule has 0 bridgehead atoms. The molecule has 5 atom stereocenters. The van der Waals surface area contributed by atoms with Crippen molar-refractivity contribution in [2.24, 2.45) is 23.7 Å². The number of aliphatic hydroxyl groups excluding tert-OH is 1. The number of phosphoric acid groups is 2. The first-order valence-electron chi connectivity index (χ1n) is 45.2. The average Bonchev–Trinajstić information content (AvgIpc) is 0.901. The summed E-state index contributed by atoms with van der Waals surface area (Å²) < 4.78 is 68.9. The molecule has 0 fully saturated rings. The molecule has 0 aliphatic heterocycles. The van der Waals surface area contributed by atoms with Crippen LogP contribution in [0.2, 0.25) is 0 Å². The van der Waals surface area contributed by atoms with Gasteiger partial charge in [-0.2, -0.15) is 0 Å². The van der Waals surface area contributed by atoms with Gasteiger partial charge in [0.25, 0.3) is 0 Å². The number of aliphatic hydroxyl groups is 1. The van der Waals surface area contributed by atoms with Crippen molar-refractivity contribution in [2.45, 2.75) is 478 Å². The molecule has 0 rings (SSSR count). The zero-order chi connectivity index (χ0) is 78.8. The van der Waals surface area contributed by atoms with Crippen molar-refractivity contribution in [3.8, 4) is 0 Å². The summed E-state index contributed by atoms with van der Waals surface area (Å²) in [6.07, 6.45) is 66.9. The number of hydrogen-bond donors (Lipinski definition) is 3. The topological polar surface area (TPSA) is 237 Å². The predicted octanol–water partition coefficient (Wildman–Crippen LogP) is 26.7. The van der Waals surface area contributed by atoms with E-state index in [0.717, 1.165) is 114 Å². The number of ether oxygens (including phenoxy) is 4. The Kier molecular flexibility index (Phi) is 75.3. The van der Waals surface area contributed by atoms with E-state index in [1.54, 1.807) is 0 Å². The minimum atomic E-state index is -4.97. The van der Waals surface area contributed by atoms with Crippen molar-refractivity contribution in [3.63, 3.8) is 0 Å². The Morgan fingerprint density at radius 1 is 0.234 bits per heavy atom. The van der Waals surface area contributed by atoms with E-state index in [0.29, 0.717) is 31.6 Å². The quantitative estimate of drug-likeness (QED) is 0.0222. The Bertz CT molecular complexity index is 2080. The summed E-state index contributed by atoms with van der Waals surface area (Å²) in [7, 11) is -9.93. The van der Waals surface area contributed by atoms with Crippen molar-refractivity contribution < 1.29 is 80.2 Å². The van der Waals surface area contributed by atoms with Crippen LogP contribution in [-0.2, 0) is 65.4 Å². The summed E-state index contributed by atoms with van der Waals surface area (Å²) in [4.78, 5) is 73.2. The summed E-state index contributed by atoms with van der Waals surface area (Å²) in [6.45, 7) is 14.3. The number of rotatable bonds is 85. The lowest BCUT2D eigenvalue weighted by atomic mass is 10.0. The molecule has 636 valence electrons. The van der Waals surface area contributed by atoms with E-state index in [9.17, 15) is 43.2 Å². The summed E-state index contributed by atoms with van der Waals surface area (Å²) in [5.41, 5.74) is 0. The van der Waals surface area contributed by atoms with E-state index in [2.05, 4.69) is 55.4 Å². The molecule has 0 saturated carbocycles. The highest BCUT2D eigenvalue weighted by Gasteiger charge is 2.31. The van der Waals surface area contributed by atoms with E-state index in [1.807, 2.05) is 0 Å². The maximum Gasteiger partial charge on any atom is 0.472 e. The molecule has 3 unspecified atom stereocenters. The first-order chi connectivity index (χ1) is 51.6. The molecule has 0 aromatic carbocycles. The number of carbonyl (C=O) groups is 4. The molecule has 0 radical (unpaired) electrons. The molecular weight excluding hydrogens is 1390 g/mol. The lowest BCUT2D eigenvalue weighted by Crippen LogP contribution is -2.30. The third-order valence-electron chi connectivity index (χ3n) is 20.6. The predicted molar refractivity (Wildman–Crippen MR) is 441 cm³/mol. The Balaban J connectivity index is 5.19. The second-order valence-corrected chi connectivity index (χ2v) is 36.4. The molecular formula is C88H172O17P2. The zero-order valence-corrected chi connectivity index (χ0v) is 72.6. The van der Waals surface area contributed by atoms with Gasteiger partial charge in [0.1, 0.15) is 19.3 Å². The van der Waals surface area contributed by atoms with Crippen LogP contribution in [0.1, 0.15) is 460 Å². The third-order valence-corrected chi connectivity index (χ3v) is 22.5. The summed E-state index contributed by atoms with van der Waals surface area (Å²) >= 11 is 0. The molecule has 0 heterocycles. The maximum absolute atomic E-state index is 13.2. The van der Waals surface area contributed by atoms with Crippen LogP contribution in [-0.4, -0.2) is 96.7 Å². The number of esters is 4. The van der Waals surface area contributed by atoms with Crippen molar-refractivity contribution in [2.75, 3.05) is 39.6 Å². The van der Waals surface area contributed by atoms with Gasteiger partial charge in [-0.25, -0.2) is 9.13 Å². The summed E-state index contributed by atoms with van der Waals surface area (Å²) in [5, 5.41) is 10.7. The maximum atomic E-state index is 13.2. The normalized spacial score (nSPS) is 13.9. The Morgan fingerprint density at radius 2 is 0.393 bits per heavy atom. The first-order valence-corrected chi connectivity index (χ1v) is 48.2. The Hall–Kier alpha value is -1.94. The Labute approximate surface area is 658 Å². The monoisotopic (exact) mass is 1560 g/mol. The van der Waals surface area contributed by atoms with Crippen LogP contribution in [0.25, 0.3) is 0 Å². The standard InChI is InChI=1S/C88H172O17P2/c1-78(2)64-56-48-40-34-28-22-16-11-9-10-12-20-26-32-38-44-54-62-71-88(93)105-84(75-99-86(91)69-61-53-47-46-51-59-67-81(7)8)77-103-107(96,97)101-73-82(89)72-100-106(94,95)102-76-83(104-87(92)70-63-55-45-39-33-27-21-15-18-24-30-36-42-50-58-66-80(5)6)74-98-85(90)68-60-52-43-37-31-25-19-14-13-17-23-29-35-41-49-57-65-79(3)4/h78-84,89H,9-77H2,1-8H3,(H,94,95)(H,96,97)/t82?,83-,84-/m1/s1. The van der Waals surface area contributed by atoms with E-state index in [1.165, 1.54) is 257 Å². The second-order valence-electron chi connectivity index (χ2n) is 33.5. The molecule has 0 saturated heterocycles. The number of hydrogen-bond acceptors (Lipinski definition) is 15. The van der Waals surface area contributed by atoms with Crippen LogP contribution in [0.3, 0.4) is 0 Å². The van der Waals surface area contributed by atoms with Gasteiger partial charge < -0.3 is 33.8 Å². The van der Waals surface area contributed by atoms with E-state index in [4.69, 9.17) is 37.0 Å². The highest BCUT2D eigenvalue weighted by molar-refractivity contribution is 7.47. The van der Waals surface area contributed by atoms with Crippen LogP contribution in [0, 0.1) is 23.7 Å². The molecule has 0 aromatic rings. The molecule has 0 spiro atoms. The molecule has 3 N–H and O–H groups in total. The largest absolute Gasteiger partial charge is 0.472 e. The van der Waals surface area contributed by atoms with Gasteiger partial charge in [-0.15, -0.1) is 0 Å². The van der Waals surface area contributed by atoms with E-state index in [-0.39, 0.29) is 25.7 Å². The lowest BCUT2D eigenvalue weighted by Gasteiger charge is -2.21. The third kappa shape index (κ3) is 81.9. The summed E-state index contributed by atoms with van der Waals surface area (Å²) in [5.74, 6) is 1.01. The van der Waals surface area contributed by atoms with Crippen LogP contribution in [0.4, 0.5) is 0 Å². The van der Waals surface area contributed by atoms with Gasteiger partial charge in [0.05, 0.1) is 26.4 Å².